The predicted molar refractivity (Wildman–Crippen MR) is 147 cm³/mol. The number of amides is 1. The number of imidazole rings is 1. The van der Waals surface area contributed by atoms with Crippen LogP contribution < -0.4 is 10.1 Å². The van der Waals surface area contributed by atoms with Gasteiger partial charge >= 0.3 is 0 Å². The first kappa shape index (κ1) is 24.3. The minimum atomic E-state index is -0.163. The molecule has 1 amide bonds. The fourth-order valence-electron chi connectivity index (χ4n) is 4.77. The van der Waals surface area contributed by atoms with Gasteiger partial charge in [0.25, 0.3) is 0 Å². The van der Waals surface area contributed by atoms with Gasteiger partial charge in [0.05, 0.1) is 11.7 Å². The molecule has 0 aliphatic rings. The normalized spacial score (nSPS) is 12.7. The Morgan fingerprint density at radius 3 is 2.38 bits per heavy atom. The molecule has 186 valence electrons. The molecule has 1 N–H and O–H groups in total. The van der Waals surface area contributed by atoms with Crippen molar-refractivity contribution in [2.45, 2.75) is 38.8 Å². The first-order chi connectivity index (χ1) is 18.1. The molecule has 5 nitrogen and oxygen atoms in total. The largest absolute Gasteiger partial charge is 0.485 e. The molecule has 37 heavy (non-hydrogen) atoms. The van der Waals surface area contributed by atoms with Crippen molar-refractivity contribution in [2.24, 2.45) is 0 Å². The van der Waals surface area contributed by atoms with E-state index in [-0.39, 0.29) is 17.9 Å². The molecule has 0 bridgehead atoms. The van der Waals surface area contributed by atoms with Crippen LogP contribution in [0.4, 0.5) is 0 Å². The number of carbonyl (C=O) groups is 1. The van der Waals surface area contributed by atoms with Gasteiger partial charge in [-0.15, -0.1) is 0 Å². The van der Waals surface area contributed by atoms with Gasteiger partial charge in [-0.05, 0) is 48.2 Å². The van der Waals surface area contributed by atoms with Crippen molar-refractivity contribution in [1.82, 2.24) is 14.7 Å². The fourth-order valence-corrected chi connectivity index (χ4v) is 4.77. The standard InChI is InChI=1S/C32H31N3O2/c1-23-12-9-10-17-27(23)28(20-31(36)34-24(2)26-15-7-4-8-16-26)29-21-33-32-30(18-11-19-35(29)32)37-22-25-13-5-3-6-14-25/h3-19,21,24,28H,20,22H2,1-2H3,(H,34,36). The van der Waals surface area contributed by atoms with Crippen LogP contribution in [0.3, 0.4) is 0 Å². The minimum absolute atomic E-state index is 0.00367. The summed E-state index contributed by atoms with van der Waals surface area (Å²) >= 11 is 0. The van der Waals surface area contributed by atoms with E-state index in [1.54, 1.807) is 0 Å². The van der Waals surface area contributed by atoms with Crippen molar-refractivity contribution >= 4 is 11.6 Å². The van der Waals surface area contributed by atoms with Gasteiger partial charge in [-0.1, -0.05) is 84.9 Å². The van der Waals surface area contributed by atoms with Crippen LogP contribution in [0.1, 0.15) is 53.3 Å². The van der Waals surface area contributed by atoms with Crippen molar-refractivity contribution in [2.75, 3.05) is 0 Å². The number of rotatable bonds is 9. The maximum Gasteiger partial charge on any atom is 0.221 e. The average molecular weight is 490 g/mol. The summed E-state index contributed by atoms with van der Waals surface area (Å²) in [5.41, 5.74) is 6.13. The van der Waals surface area contributed by atoms with Crippen LogP contribution in [0.2, 0.25) is 0 Å². The highest BCUT2D eigenvalue weighted by atomic mass is 16.5. The number of aryl methyl sites for hydroxylation is 1. The van der Waals surface area contributed by atoms with Crippen LogP contribution in [0, 0.1) is 6.92 Å². The summed E-state index contributed by atoms with van der Waals surface area (Å²) in [7, 11) is 0. The number of benzene rings is 3. The monoisotopic (exact) mass is 489 g/mol. The van der Waals surface area contributed by atoms with Crippen LogP contribution in [0.25, 0.3) is 5.65 Å². The topological polar surface area (TPSA) is 55.6 Å². The number of nitrogens with zero attached hydrogens (tertiary/aromatic N) is 2. The quantitative estimate of drug-likeness (QED) is 0.253. The number of pyridine rings is 1. The fraction of sp³-hybridized carbons (Fsp3) is 0.188. The minimum Gasteiger partial charge on any atom is -0.485 e. The highest BCUT2D eigenvalue weighted by Crippen LogP contribution is 2.33. The summed E-state index contributed by atoms with van der Waals surface area (Å²) in [6, 6.07) is 32.2. The van der Waals surface area contributed by atoms with Crippen LogP contribution in [0.15, 0.2) is 109 Å². The highest BCUT2D eigenvalue weighted by molar-refractivity contribution is 5.78. The number of ether oxygens (including phenoxy) is 1. The Morgan fingerprint density at radius 1 is 0.919 bits per heavy atom. The molecule has 2 heterocycles. The van der Waals surface area contributed by atoms with E-state index < -0.39 is 0 Å². The summed E-state index contributed by atoms with van der Waals surface area (Å²) in [6.45, 7) is 4.56. The molecule has 5 aromatic rings. The molecule has 0 fully saturated rings. The molecule has 0 saturated carbocycles. The van der Waals surface area contributed by atoms with E-state index in [2.05, 4.69) is 24.4 Å². The Bertz CT molecular complexity index is 1480. The van der Waals surface area contributed by atoms with Gasteiger partial charge < -0.3 is 14.5 Å². The third kappa shape index (κ3) is 5.56. The SMILES string of the molecule is Cc1ccccc1C(CC(=O)NC(C)c1ccccc1)c1cnc2c(OCc3ccccc3)cccn12. The summed E-state index contributed by atoms with van der Waals surface area (Å²) in [4.78, 5) is 18.0. The third-order valence-electron chi connectivity index (χ3n) is 6.75. The first-order valence-electron chi connectivity index (χ1n) is 12.6. The molecule has 2 unspecified atom stereocenters. The van der Waals surface area contributed by atoms with Gasteiger partial charge in [0.2, 0.25) is 5.91 Å². The highest BCUT2D eigenvalue weighted by Gasteiger charge is 2.25. The number of carbonyl (C=O) groups excluding carboxylic acids is 1. The van der Waals surface area contributed by atoms with Gasteiger partial charge in [0.1, 0.15) is 6.61 Å². The molecule has 0 saturated heterocycles. The van der Waals surface area contributed by atoms with Gasteiger partial charge in [-0.3, -0.25) is 4.79 Å². The van der Waals surface area contributed by atoms with Crippen LogP contribution in [-0.4, -0.2) is 15.3 Å². The van der Waals surface area contributed by atoms with Crippen molar-refractivity contribution in [1.29, 1.82) is 0 Å². The molecule has 0 spiro atoms. The molecule has 2 atom stereocenters. The lowest BCUT2D eigenvalue weighted by atomic mass is 9.89. The number of hydrogen-bond acceptors (Lipinski definition) is 3. The van der Waals surface area contributed by atoms with Crippen molar-refractivity contribution in [3.8, 4) is 5.75 Å². The zero-order valence-electron chi connectivity index (χ0n) is 21.2. The van der Waals surface area contributed by atoms with Gasteiger partial charge in [-0.2, -0.15) is 0 Å². The van der Waals surface area contributed by atoms with Gasteiger partial charge in [0, 0.05) is 24.7 Å². The lowest BCUT2D eigenvalue weighted by Gasteiger charge is -2.21. The Morgan fingerprint density at radius 2 is 1.62 bits per heavy atom. The third-order valence-corrected chi connectivity index (χ3v) is 6.75. The summed E-state index contributed by atoms with van der Waals surface area (Å²) < 4.78 is 8.19. The Hall–Kier alpha value is -4.38. The molecule has 3 aromatic carbocycles. The summed E-state index contributed by atoms with van der Waals surface area (Å²) in [6.07, 6.45) is 4.17. The molecule has 5 heteroatoms. The van der Waals surface area contributed by atoms with Crippen LogP contribution in [-0.2, 0) is 11.4 Å². The Labute approximate surface area is 217 Å². The molecule has 2 aromatic heterocycles. The van der Waals surface area contributed by atoms with E-state index in [4.69, 9.17) is 9.72 Å². The molecule has 0 radical (unpaired) electrons. The number of fused-ring (bicyclic) bond motifs is 1. The first-order valence-corrected chi connectivity index (χ1v) is 12.6. The number of hydrogen-bond donors (Lipinski definition) is 1. The molecule has 0 aliphatic carbocycles. The number of aromatic nitrogens is 2. The smallest absolute Gasteiger partial charge is 0.221 e. The van der Waals surface area contributed by atoms with E-state index in [1.165, 1.54) is 0 Å². The second kappa shape index (κ2) is 11.1. The van der Waals surface area contributed by atoms with E-state index in [9.17, 15) is 4.79 Å². The number of nitrogens with one attached hydrogen (secondary N) is 1. The van der Waals surface area contributed by atoms with Crippen molar-refractivity contribution < 1.29 is 9.53 Å². The molecular weight excluding hydrogens is 458 g/mol. The van der Waals surface area contributed by atoms with Crippen LogP contribution >= 0.6 is 0 Å². The predicted octanol–water partition coefficient (Wildman–Crippen LogP) is 6.62. The molecule has 0 aliphatic heterocycles. The zero-order chi connectivity index (χ0) is 25.6. The maximum atomic E-state index is 13.3. The van der Waals surface area contributed by atoms with Crippen molar-refractivity contribution in [3.63, 3.8) is 0 Å². The van der Waals surface area contributed by atoms with E-state index in [0.717, 1.165) is 33.6 Å². The lowest BCUT2D eigenvalue weighted by molar-refractivity contribution is -0.122. The van der Waals surface area contributed by atoms with E-state index >= 15 is 0 Å². The lowest BCUT2D eigenvalue weighted by Crippen LogP contribution is -2.28. The van der Waals surface area contributed by atoms with E-state index in [1.807, 2.05) is 109 Å². The molecule has 5 rings (SSSR count). The maximum absolute atomic E-state index is 13.3. The zero-order valence-corrected chi connectivity index (χ0v) is 21.2. The summed E-state index contributed by atoms with van der Waals surface area (Å²) in [5.74, 6) is 0.544. The van der Waals surface area contributed by atoms with Crippen molar-refractivity contribution in [3.05, 3.63) is 137 Å². The van der Waals surface area contributed by atoms with Gasteiger partial charge in [-0.25, -0.2) is 4.98 Å². The Kier molecular flexibility index (Phi) is 7.31. The van der Waals surface area contributed by atoms with Gasteiger partial charge in [0.15, 0.2) is 11.4 Å². The summed E-state index contributed by atoms with van der Waals surface area (Å²) in [5, 5.41) is 3.18. The van der Waals surface area contributed by atoms with Crippen LogP contribution in [0.5, 0.6) is 5.75 Å². The second-order valence-corrected chi connectivity index (χ2v) is 9.34. The average Bonchev–Trinajstić information content (AvgIpc) is 3.37. The second-order valence-electron chi connectivity index (χ2n) is 9.34. The van der Waals surface area contributed by atoms with E-state index in [0.29, 0.717) is 18.8 Å². The Balaban J connectivity index is 1.44. The molecular formula is C32H31N3O2.